The van der Waals surface area contributed by atoms with Gasteiger partial charge in [0.2, 0.25) is 0 Å². The maximum absolute atomic E-state index is 6.04. The number of aromatic nitrogens is 1. The fourth-order valence-corrected chi connectivity index (χ4v) is 2.40. The van der Waals surface area contributed by atoms with Gasteiger partial charge >= 0.3 is 0 Å². The van der Waals surface area contributed by atoms with Gasteiger partial charge in [0.1, 0.15) is 0 Å². The van der Waals surface area contributed by atoms with Crippen LogP contribution in [0.5, 0.6) is 0 Å². The quantitative estimate of drug-likeness (QED) is 0.658. The van der Waals surface area contributed by atoms with Gasteiger partial charge in [-0.3, -0.25) is 0 Å². The number of rotatable bonds is 6. The Morgan fingerprint density at radius 2 is 2.05 bits per heavy atom. The summed E-state index contributed by atoms with van der Waals surface area (Å²) in [6.07, 6.45) is 5.91. The number of benzene rings is 1. The van der Waals surface area contributed by atoms with Crippen LogP contribution in [0.3, 0.4) is 0 Å². The molecule has 0 unspecified atom stereocenters. The molecule has 1 heterocycles. The molecular weight excluding hydrogens is 258 g/mol. The average molecular weight is 278 g/mol. The Hall–Kier alpha value is -1.28. The second-order valence-corrected chi connectivity index (χ2v) is 5.27. The molecule has 3 heteroatoms. The van der Waals surface area contributed by atoms with Crippen LogP contribution in [0.25, 0.3) is 11.3 Å². The molecule has 0 radical (unpaired) electrons. The summed E-state index contributed by atoms with van der Waals surface area (Å²) in [5, 5.41) is 0.725. The van der Waals surface area contributed by atoms with Gasteiger partial charge in [-0.15, -0.1) is 0 Å². The zero-order valence-electron chi connectivity index (χ0n) is 11.6. The summed E-state index contributed by atoms with van der Waals surface area (Å²) in [5.41, 5.74) is 2.06. The van der Waals surface area contributed by atoms with E-state index in [9.17, 15) is 0 Å². The van der Waals surface area contributed by atoms with Crippen LogP contribution < -0.4 is 0 Å². The maximum Gasteiger partial charge on any atom is 0.192 e. The third kappa shape index (κ3) is 3.84. The monoisotopic (exact) mass is 277 g/mol. The van der Waals surface area contributed by atoms with E-state index in [-0.39, 0.29) is 0 Å². The van der Waals surface area contributed by atoms with Gasteiger partial charge in [-0.25, -0.2) is 4.98 Å². The highest BCUT2D eigenvalue weighted by molar-refractivity contribution is 6.30. The number of unbranched alkanes of at least 4 members (excludes halogenated alkanes) is 3. The van der Waals surface area contributed by atoms with E-state index in [0.717, 1.165) is 40.8 Å². The molecule has 0 spiro atoms. The van der Waals surface area contributed by atoms with E-state index >= 15 is 0 Å². The molecule has 19 heavy (non-hydrogen) atoms. The number of halogens is 1. The molecule has 2 nitrogen and oxygen atoms in total. The summed E-state index contributed by atoms with van der Waals surface area (Å²) in [6, 6.07) is 7.75. The smallest absolute Gasteiger partial charge is 0.192 e. The van der Waals surface area contributed by atoms with Crippen LogP contribution in [0.15, 0.2) is 28.7 Å². The second-order valence-electron chi connectivity index (χ2n) is 4.83. The van der Waals surface area contributed by atoms with E-state index in [2.05, 4.69) is 11.9 Å². The summed E-state index contributed by atoms with van der Waals surface area (Å²) >= 11 is 6.04. The molecule has 0 saturated heterocycles. The largest absolute Gasteiger partial charge is 0.441 e. The highest BCUT2D eigenvalue weighted by Crippen LogP contribution is 2.28. The topological polar surface area (TPSA) is 26.0 Å². The van der Waals surface area contributed by atoms with Crippen LogP contribution in [0.4, 0.5) is 0 Å². The lowest BCUT2D eigenvalue weighted by molar-refractivity contribution is 0.533. The number of hydrogen-bond acceptors (Lipinski definition) is 2. The lowest BCUT2D eigenvalue weighted by Gasteiger charge is -2.02. The molecule has 0 aliphatic heterocycles. The summed E-state index contributed by atoms with van der Waals surface area (Å²) in [4.78, 5) is 4.50. The van der Waals surface area contributed by atoms with Gasteiger partial charge in [0.05, 0.1) is 5.69 Å². The molecule has 1 aromatic heterocycles. The molecule has 2 rings (SSSR count). The molecule has 1 aromatic carbocycles. The van der Waals surface area contributed by atoms with Crippen molar-refractivity contribution in [3.05, 3.63) is 40.9 Å². The van der Waals surface area contributed by atoms with Crippen LogP contribution in [0.2, 0.25) is 5.02 Å². The predicted octanol–water partition coefficient (Wildman–Crippen LogP) is 5.43. The third-order valence-corrected chi connectivity index (χ3v) is 3.39. The van der Waals surface area contributed by atoms with Gasteiger partial charge in [-0.2, -0.15) is 0 Å². The van der Waals surface area contributed by atoms with E-state index in [1.165, 1.54) is 19.3 Å². The molecular formula is C16H20ClNO. The van der Waals surface area contributed by atoms with Crippen molar-refractivity contribution >= 4 is 11.6 Å². The first-order chi connectivity index (χ1) is 9.20. The Bertz CT molecular complexity index is 533. The fraction of sp³-hybridized carbons (Fsp3) is 0.438. The zero-order chi connectivity index (χ0) is 13.7. The normalized spacial score (nSPS) is 10.9. The van der Waals surface area contributed by atoms with Crippen LogP contribution >= 0.6 is 11.6 Å². The van der Waals surface area contributed by atoms with E-state index < -0.39 is 0 Å². The molecule has 0 fully saturated rings. The van der Waals surface area contributed by atoms with Gasteiger partial charge in [-0.05, 0) is 25.0 Å². The van der Waals surface area contributed by atoms with Crippen molar-refractivity contribution in [1.29, 1.82) is 0 Å². The number of aryl methyl sites for hydroxylation is 2. The highest BCUT2D eigenvalue weighted by atomic mass is 35.5. The maximum atomic E-state index is 6.04. The fourth-order valence-electron chi connectivity index (χ4n) is 2.21. The lowest BCUT2D eigenvalue weighted by Crippen LogP contribution is -1.90. The first-order valence-electron chi connectivity index (χ1n) is 6.93. The van der Waals surface area contributed by atoms with Gasteiger partial charge < -0.3 is 4.42 Å². The van der Waals surface area contributed by atoms with Crippen molar-refractivity contribution in [2.45, 2.75) is 46.0 Å². The van der Waals surface area contributed by atoms with Crippen molar-refractivity contribution in [3.63, 3.8) is 0 Å². The minimum absolute atomic E-state index is 0.723. The number of nitrogens with zero attached hydrogens (tertiary/aromatic N) is 1. The third-order valence-electron chi connectivity index (χ3n) is 3.16. The first-order valence-corrected chi connectivity index (χ1v) is 7.30. The standard InChI is InChI=1S/C16H20ClNO/c1-3-4-5-6-10-15-16(19-12(2)18-15)13-8-7-9-14(17)11-13/h7-9,11H,3-6,10H2,1-2H3. The van der Waals surface area contributed by atoms with Gasteiger partial charge in [-0.1, -0.05) is 49.9 Å². The molecule has 0 bridgehead atoms. The number of hydrogen-bond donors (Lipinski definition) is 0. The highest BCUT2D eigenvalue weighted by Gasteiger charge is 2.13. The van der Waals surface area contributed by atoms with Crippen LogP contribution in [0, 0.1) is 6.92 Å². The van der Waals surface area contributed by atoms with Crippen LogP contribution in [0.1, 0.15) is 44.2 Å². The molecule has 0 N–H and O–H groups in total. The van der Waals surface area contributed by atoms with E-state index in [1.807, 2.05) is 31.2 Å². The van der Waals surface area contributed by atoms with Gasteiger partial charge in [0.25, 0.3) is 0 Å². The Morgan fingerprint density at radius 1 is 1.21 bits per heavy atom. The van der Waals surface area contributed by atoms with Crippen molar-refractivity contribution in [3.8, 4) is 11.3 Å². The molecule has 0 amide bonds. The first kappa shape index (κ1) is 14.1. The minimum atomic E-state index is 0.723. The molecule has 0 aliphatic carbocycles. The minimum Gasteiger partial charge on any atom is -0.441 e. The molecule has 2 aromatic rings. The van der Waals surface area contributed by atoms with Crippen LogP contribution in [-0.4, -0.2) is 4.98 Å². The van der Waals surface area contributed by atoms with E-state index in [0.29, 0.717) is 0 Å². The Labute approximate surface area is 119 Å². The predicted molar refractivity (Wildman–Crippen MR) is 79.5 cm³/mol. The Balaban J connectivity index is 2.16. The van der Waals surface area contributed by atoms with Gasteiger partial charge in [0.15, 0.2) is 11.7 Å². The van der Waals surface area contributed by atoms with Crippen molar-refractivity contribution in [2.24, 2.45) is 0 Å². The van der Waals surface area contributed by atoms with E-state index in [1.54, 1.807) is 0 Å². The number of oxazole rings is 1. The summed E-state index contributed by atoms with van der Waals surface area (Å²) < 4.78 is 5.74. The zero-order valence-corrected chi connectivity index (χ0v) is 12.3. The Kier molecular flexibility index (Phi) is 5.03. The summed E-state index contributed by atoms with van der Waals surface area (Å²) in [6.45, 7) is 4.11. The SMILES string of the molecule is CCCCCCc1nc(C)oc1-c1cccc(Cl)c1. The molecule has 102 valence electrons. The van der Waals surface area contributed by atoms with Gasteiger partial charge in [0, 0.05) is 17.5 Å². The average Bonchev–Trinajstić information content (AvgIpc) is 2.76. The second kappa shape index (κ2) is 6.76. The molecule has 0 atom stereocenters. The lowest BCUT2D eigenvalue weighted by atomic mass is 10.1. The van der Waals surface area contributed by atoms with Crippen molar-refractivity contribution in [1.82, 2.24) is 4.98 Å². The van der Waals surface area contributed by atoms with Crippen molar-refractivity contribution in [2.75, 3.05) is 0 Å². The van der Waals surface area contributed by atoms with Crippen molar-refractivity contribution < 1.29 is 4.42 Å². The summed E-state index contributed by atoms with van der Waals surface area (Å²) in [7, 11) is 0. The molecule has 0 saturated carbocycles. The van der Waals surface area contributed by atoms with E-state index in [4.69, 9.17) is 16.0 Å². The van der Waals surface area contributed by atoms with Crippen LogP contribution in [-0.2, 0) is 6.42 Å². The Morgan fingerprint density at radius 3 is 2.79 bits per heavy atom. The molecule has 0 aliphatic rings. The summed E-state index contributed by atoms with van der Waals surface area (Å²) in [5.74, 6) is 1.59.